The van der Waals surface area contributed by atoms with E-state index >= 15 is 0 Å². The van der Waals surface area contributed by atoms with Gasteiger partial charge in [-0.25, -0.2) is 4.39 Å². The van der Waals surface area contributed by atoms with Crippen molar-refractivity contribution >= 4 is 11.8 Å². The van der Waals surface area contributed by atoms with Crippen molar-refractivity contribution in [2.24, 2.45) is 0 Å². The zero-order valence-corrected chi connectivity index (χ0v) is 13.3. The first kappa shape index (κ1) is 19.2. The van der Waals surface area contributed by atoms with Crippen LogP contribution in [0.1, 0.15) is 23.0 Å². The summed E-state index contributed by atoms with van der Waals surface area (Å²) in [6.07, 6.45) is -4.90. The minimum absolute atomic E-state index is 0.176. The predicted molar refractivity (Wildman–Crippen MR) is 81.3 cm³/mol. The summed E-state index contributed by atoms with van der Waals surface area (Å²) in [6, 6.07) is 6.53. The van der Waals surface area contributed by atoms with Gasteiger partial charge in [0.2, 0.25) is 0 Å². The number of hydrazine groups is 1. The number of nitrogens with one attached hydrogen (secondary N) is 2. The molecule has 0 aliphatic carbocycles. The van der Waals surface area contributed by atoms with Crippen molar-refractivity contribution in [1.29, 1.82) is 0 Å². The Labute approximate surface area is 145 Å². The number of aromatic nitrogens is 1. The van der Waals surface area contributed by atoms with Crippen LogP contribution < -0.4 is 15.6 Å². The molecule has 0 aliphatic heterocycles. The second-order valence-electron chi connectivity index (χ2n) is 5.09. The van der Waals surface area contributed by atoms with Crippen molar-refractivity contribution in [3.8, 4) is 5.75 Å². The highest BCUT2D eigenvalue weighted by atomic mass is 19.4. The van der Waals surface area contributed by atoms with Gasteiger partial charge in [-0.15, -0.1) is 0 Å². The molecule has 1 heterocycles. The molecule has 1 aromatic carbocycles. The van der Waals surface area contributed by atoms with Crippen LogP contribution in [-0.2, 0) is 11.0 Å². The number of pyridine rings is 1. The van der Waals surface area contributed by atoms with Gasteiger partial charge in [0.25, 0.3) is 11.8 Å². The van der Waals surface area contributed by atoms with Crippen LogP contribution in [0, 0.1) is 5.82 Å². The third-order valence-electron chi connectivity index (χ3n) is 3.11. The Morgan fingerprint density at radius 1 is 1.08 bits per heavy atom. The lowest BCUT2D eigenvalue weighted by Gasteiger charge is -2.15. The highest BCUT2D eigenvalue weighted by Crippen LogP contribution is 2.27. The van der Waals surface area contributed by atoms with Gasteiger partial charge in [0, 0.05) is 6.20 Å². The molecular formula is C16H13F4N3O3. The maximum absolute atomic E-state index is 12.8. The number of hydrogen-bond donors (Lipinski definition) is 2. The molecular weight excluding hydrogens is 358 g/mol. The molecule has 2 amide bonds. The molecule has 2 aromatic rings. The lowest BCUT2D eigenvalue weighted by molar-refractivity contribution is -0.141. The number of nitrogens with zero attached hydrogens (tertiary/aromatic N) is 1. The van der Waals surface area contributed by atoms with Crippen LogP contribution in [-0.4, -0.2) is 22.9 Å². The summed E-state index contributed by atoms with van der Waals surface area (Å²) in [5, 5.41) is 0. The van der Waals surface area contributed by atoms with Crippen molar-refractivity contribution < 1.29 is 31.9 Å². The number of amides is 2. The molecule has 0 fully saturated rings. The maximum atomic E-state index is 12.8. The normalized spacial score (nSPS) is 12.2. The van der Waals surface area contributed by atoms with Gasteiger partial charge in [-0.1, -0.05) is 0 Å². The van der Waals surface area contributed by atoms with E-state index in [1.807, 2.05) is 5.43 Å². The number of ether oxygens (including phenoxy) is 1. The Morgan fingerprint density at radius 3 is 2.27 bits per heavy atom. The van der Waals surface area contributed by atoms with Crippen LogP contribution in [0.5, 0.6) is 5.75 Å². The van der Waals surface area contributed by atoms with Gasteiger partial charge >= 0.3 is 6.18 Å². The largest absolute Gasteiger partial charge is 0.481 e. The fourth-order valence-corrected chi connectivity index (χ4v) is 1.76. The van der Waals surface area contributed by atoms with E-state index in [0.717, 1.165) is 24.4 Å². The molecule has 0 saturated heterocycles. The molecule has 26 heavy (non-hydrogen) atoms. The van der Waals surface area contributed by atoms with Gasteiger partial charge in [-0.3, -0.25) is 25.4 Å². The average molecular weight is 371 g/mol. The van der Waals surface area contributed by atoms with Crippen LogP contribution in [0.4, 0.5) is 17.6 Å². The number of rotatable bonds is 4. The highest BCUT2D eigenvalue weighted by molar-refractivity contribution is 5.95. The number of halogens is 4. The third kappa shape index (κ3) is 5.16. The lowest BCUT2D eigenvalue weighted by atomic mass is 10.2. The first-order chi connectivity index (χ1) is 12.2. The highest BCUT2D eigenvalue weighted by Gasteiger charge is 2.32. The zero-order valence-electron chi connectivity index (χ0n) is 13.3. The SMILES string of the molecule is CC(Oc1ccc(F)cc1)C(=O)NNC(=O)c1ccc(C(F)(F)F)nc1. The van der Waals surface area contributed by atoms with Crippen molar-refractivity contribution in [1.82, 2.24) is 15.8 Å². The van der Waals surface area contributed by atoms with Gasteiger partial charge in [-0.2, -0.15) is 13.2 Å². The molecule has 0 aliphatic rings. The molecule has 0 saturated carbocycles. The van der Waals surface area contributed by atoms with E-state index in [4.69, 9.17) is 4.74 Å². The Kier molecular flexibility index (Phi) is 5.75. The summed E-state index contributed by atoms with van der Waals surface area (Å²) in [4.78, 5) is 26.8. The molecule has 138 valence electrons. The van der Waals surface area contributed by atoms with E-state index in [1.165, 1.54) is 19.1 Å². The van der Waals surface area contributed by atoms with Crippen molar-refractivity contribution in [2.75, 3.05) is 0 Å². The van der Waals surface area contributed by atoms with Crippen molar-refractivity contribution in [2.45, 2.75) is 19.2 Å². The molecule has 1 unspecified atom stereocenters. The van der Waals surface area contributed by atoms with Gasteiger partial charge in [0.15, 0.2) is 6.10 Å². The second-order valence-corrected chi connectivity index (χ2v) is 5.09. The summed E-state index contributed by atoms with van der Waals surface area (Å²) in [7, 11) is 0. The number of alkyl halides is 3. The van der Waals surface area contributed by atoms with Crippen molar-refractivity contribution in [3.05, 3.63) is 59.7 Å². The van der Waals surface area contributed by atoms with E-state index in [0.29, 0.717) is 6.07 Å². The molecule has 10 heteroatoms. The third-order valence-corrected chi connectivity index (χ3v) is 3.11. The van der Waals surface area contributed by atoms with E-state index in [-0.39, 0.29) is 11.3 Å². The van der Waals surface area contributed by atoms with E-state index < -0.39 is 35.6 Å². The topological polar surface area (TPSA) is 80.3 Å². The Bertz CT molecular complexity index is 777. The summed E-state index contributed by atoms with van der Waals surface area (Å²) < 4.78 is 55.3. The molecule has 0 bridgehead atoms. The molecule has 0 radical (unpaired) electrons. The molecule has 2 rings (SSSR count). The van der Waals surface area contributed by atoms with Crippen LogP contribution in [0.2, 0.25) is 0 Å². The van der Waals surface area contributed by atoms with E-state index in [9.17, 15) is 27.2 Å². The number of benzene rings is 1. The summed E-state index contributed by atoms with van der Waals surface area (Å²) in [5.41, 5.74) is 2.79. The van der Waals surface area contributed by atoms with E-state index in [1.54, 1.807) is 0 Å². The smallest absolute Gasteiger partial charge is 0.433 e. The zero-order chi connectivity index (χ0) is 19.3. The minimum Gasteiger partial charge on any atom is -0.481 e. The first-order valence-corrected chi connectivity index (χ1v) is 7.22. The van der Waals surface area contributed by atoms with Crippen LogP contribution in [0.15, 0.2) is 42.6 Å². The van der Waals surface area contributed by atoms with Gasteiger partial charge in [-0.05, 0) is 43.3 Å². The fourth-order valence-electron chi connectivity index (χ4n) is 1.76. The molecule has 6 nitrogen and oxygen atoms in total. The number of carbonyl (C=O) groups is 2. The standard InChI is InChI=1S/C16H13F4N3O3/c1-9(26-12-5-3-11(17)4-6-12)14(24)22-23-15(25)10-2-7-13(21-8-10)16(18,19)20/h2-9H,1H3,(H,22,24)(H,23,25). The summed E-state index contributed by atoms with van der Waals surface area (Å²) in [6.45, 7) is 1.39. The molecule has 2 N–H and O–H groups in total. The Balaban J connectivity index is 1.87. The number of carbonyl (C=O) groups excluding carboxylic acids is 2. The van der Waals surface area contributed by atoms with Crippen LogP contribution in [0.3, 0.4) is 0 Å². The van der Waals surface area contributed by atoms with Crippen molar-refractivity contribution in [3.63, 3.8) is 0 Å². The van der Waals surface area contributed by atoms with Gasteiger partial charge in [0.1, 0.15) is 17.3 Å². The lowest BCUT2D eigenvalue weighted by Crippen LogP contribution is -2.47. The maximum Gasteiger partial charge on any atom is 0.433 e. The molecule has 1 aromatic heterocycles. The summed E-state index contributed by atoms with van der Waals surface area (Å²) in [5.74, 6) is -1.80. The van der Waals surface area contributed by atoms with Crippen LogP contribution >= 0.6 is 0 Å². The molecule has 1 atom stereocenters. The fraction of sp³-hybridized carbons (Fsp3) is 0.188. The monoisotopic (exact) mass is 371 g/mol. The average Bonchev–Trinajstić information content (AvgIpc) is 2.60. The summed E-state index contributed by atoms with van der Waals surface area (Å²) >= 11 is 0. The number of hydrogen-bond acceptors (Lipinski definition) is 4. The quantitative estimate of drug-likeness (QED) is 0.639. The Morgan fingerprint density at radius 2 is 1.73 bits per heavy atom. The Hall–Kier alpha value is -3.17. The predicted octanol–water partition coefficient (Wildman–Crippen LogP) is 2.47. The minimum atomic E-state index is -4.61. The first-order valence-electron chi connectivity index (χ1n) is 7.22. The molecule has 0 spiro atoms. The second kappa shape index (κ2) is 7.81. The van der Waals surface area contributed by atoms with Gasteiger partial charge < -0.3 is 4.74 Å². The van der Waals surface area contributed by atoms with Gasteiger partial charge in [0.05, 0.1) is 5.56 Å². The van der Waals surface area contributed by atoms with E-state index in [2.05, 4.69) is 10.4 Å². The van der Waals surface area contributed by atoms with Crippen LogP contribution in [0.25, 0.3) is 0 Å².